The Balaban J connectivity index is 2.37. The molecule has 3 rings (SSSR count). The SMILES string of the molecule is [2H]c1c(C)[n+](C)c(-c2cc(CC)cc(CC)c2C)c2ccc(CC(C)(C)C)cc12. The third kappa shape index (κ3) is 3.99. The number of hydrogen-bond donors (Lipinski definition) is 0. The Hall–Kier alpha value is -2.15. The van der Waals surface area contributed by atoms with Gasteiger partial charge in [-0.25, -0.2) is 0 Å². The molecule has 0 radical (unpaired) electrons. The van der Waals surface area contributed by atoms with Crippen molar-refractivity contribution in [2.24, 2.45) is 12.5 Å². The lowest BCUT2D eigenvalue weighted by Gasteiger charge is -2.19. The Kier molecular flexibility index (Phi) is 5.27. The van der Waals surface area contributed by atoms with Crippen molar-refractivity contribution in [2.75, 3.05) is 0 Å². The first-order chi connectivity index (χ1) is 13.6. The van der Waals surface area contributed by atoms with Crippen LogP contribution in [-0.2, 0) is 26.3 Å². The van der Waals surface area contributed by atoms with Crippen LogP contribution >= 0.6 is 0 Å². The van der Waals surface area contributed by atoms with E-state index in [1.54, 1.807) is 0 Å². The molecular formula is C27H36N+. The number of hydrogen-bond acceptors (Lipinski definition) is 0. The molecule has 0 saturated heterocycles. The van der Waals surface area contributed by atoms with E-state index >= 15 is 0 Å². The topological polar surface area (TPSA) is 3.88 Å². The fourth-order valence-electron chi connectivity index (χ4n) is 4.23. The van der Waals surface area contributed by atoms with E-state index in [0.29, 0.717) is 6.04 Å². The molecule has 148 valence electrons. The smallest absolute Gasteiger partial charge is 0.198 e. The molecule has 0 N–H and O–H groups in total. The van der Waals surface area contributed by atoms with E-state index in [9.17, 15) is 0 Å². The summed E-state index contributed by atoms with van der Waals surface area (Å²) < 4.78 is 11.0. The van der Waals surface area contributed by atoms with Gasteiger partial charge in [-0.05, 0) is 71.4 Å². The molecule has 1 heterocycles. The van der Waals surface area contributed by atoms with Gasteiger partial charge in [0.15, 0.2) is 5.69 Å². The fraction of sp³-hybridized carbons (Fsp3) is 0.444. The van der Waals surface area contributed by atoms with Crippen molar-refractivity contribution in [1.82, 2.24) is 0 Å². The summed E-state index contributed by atoms with van der Waals surface area (Å²) >= 11 is 0. The Morgan fingerprint density at radius 3 is 2.29 bits per heavy atom. The number of pyridine rings is 1. The van der Waals surface area contributed by atoms with Gasteiger partial charge >= 0.3 is 0 Å². The van der Waals surface area contributed by atoms with Crippen molar-refractivity contribution in [3.63, 3.8) is 0 Å². The molecule has 0 aliphatic rings. The van der Waals surface area contributed by atoms with Gasteiger partial charge in [0.2, 0.25) is 5.69 Å². The summed E-state index contributed by atoms with van der Waals surface area (Å²) in [5.74, 6) is 0. The molecule has 0 unspecified atom stereocenters. The van der Waals surface area contributed by atoms with E-state index in [1.165, 1.54) is 38.9 Å². The molecule has 1 aromatic heterocycles. The summed E-state index contributed by atoms with van der Waals surface area (Å²) in [6.07, 6.45) is 3.09. The van der Waals surface area contributed by atoms with Crippen LogP contribution in [0.15, 0.2) is 36.4 Å². The first-order valence-corrected chi connectivity index (χ1v) is 10.6. The molecule has 0 fully saturated rings. The van der Waals surface area contributed by atoms with Crippen LogP contribution < -0.4 is 4.57 Å². The number of rotatable bonds is 4. The standard InChI is InChI=1S/C27H36N/c1-9-20-14-22(10-2)19(4)25(16-20)26-24-12-11-21(17-27(5,6)7)15-23(24)13-18(3)28(26)8/h11-16H,9-10,17H2,1-8H3/q+1/i13D. The number of fused-ring (bicyclic) bond motifs is 1. The highest BCUT2D eigenvalue weighted by molar-refractivity contribution is 5.94. The number of aromatic nitrogens is 1. The number of aryl methyl sites for hydroxylation is 2. The lowest BCUT2D eigenvalue weighted by atomic mass is 9.86. The maximum Gasteiger partial charge on any atom is 0.220 e. The van der Waals surface area contributed by atoms with Gasteiger partial charge in [-0.15, -0.1) is 0 Å². The minimum atomic E-state index is 0.231. The van der Waals surface area contributed by atoms with E-state index in [1.807, 2.05) is 0 Å². The minimum absolute atomic E-state index is 0.231. The van der Waals surface area contributed by atoms with Crippen molar-refractivity contribution < 1.29 is 5.94 Å². The summed E-state index contributed by atoms with van der Waals surface area (Å²) in [5.41, 5.74) is 9.26. The van der Waals surface area contributed by atoms with Crippen LogP contribution in [0.25, 0.3) is 22.0 Å². The maximum atomic E-state index is 8.81. The Bertz CT molecular complexity index is 1070. The minimum Gasteiger partial charge on any atom is -0.198 e. The van der Waals surface area contributed by atoms with Crippen LogP contribution in [0, 0.1) is 19.3 Å². The Morgan fingerprint density at radius 2 is 1.68 bits per heavy atom. The molecule has 28 heavy (non-hydrogen) atoms. The average molecular weight is 376 g/mol. The Morgan fingerprint density at radius 1 is 0.964 bits per heavy atom. The van der Waals surface area contributed by atoms with Crippen LogP contribution in [0.1, 0.15) is 63.9 Å². The Labute approximate surface area is 172 Å². The second-order valence-corrected chi connectivity index (χ2v) is 9.37. The van der Waals surface area contributed by atoms with Crippen molar-refractivity contribution in [3.05, 3.63) is 64.3 Å². The molecule has 0 spiro atoms. The largest absolute Gasteiger partial charge is 0.220 e. The molecule has 3 aromatic rings. The first kappa shape index (κ1) is 19.2. The lowest BCUT2D eigenvalue weighted by molar-refractivity contribution is -0.665. The zero-order valence-corrected chi connectivity index (χ0v) is 19.0. The highest BCUT2D eigenvalue weighted by Gasteiger charge is 2.22. The van der Waals surface area contributed by atoms with Crippen LogP contribution in [0.2, 0.25) is 0 Å². The molecule has 1 heteroatoms. The second kappa shape index (κ2) is 7.70. The van der Waals surface area contributed by atoms with Gasteiger partial charge in [-0.1, -0.05) is 52.8 Å². The van der Waals surface area contributed by atoms with Crippen LogP contribution in [-0.4, -0.2) is 0 Å². The molecular weight excluding hydrogens is 338 g/mol. The zero-order valence-electron chi connectivity index (χ0n) is 20.0. The molecule has 0 saturated carbocycles. The molecule has 0 aliphatic carbocycles. The monoisotopic (exact) mass is 375 g/mol. The van der Waals surface area contributed by atoms with Crippen molar-refractivity contribution >= 4 is 10.8 Å². The summed E-state index contributed by atoms with van der Waals surface area (Å²) in [5, 5.41) is 2.25. The lowest BCUT2D eigenvalue weighted by Crippen LogP contribution is -2.35. The van der Waals surface area contributed by atoms with Gasteiger partial charge in [0.05, 0.1) is 12.3 Å². The second-order valence-electron chi connectivity index (χ2n) is 9.37. The third-order valence-electron chi connectivity index (χ3n) is 5.85. The third-order valence-corrected chi connectivity index (χ3v) is 5.85. The van der Waals surface area contributed by atoms with Gasteiger partial charge in [-0.2, -0.15) is 4.57 Å². The highest BCUT2D eigenvalue weighted by atomic mass is 14.9. The van der Waals surface area contributed by atoms with Crippen LogP contribution in [0.4, 0.5) is 0 Å². The van der Waals surface area contributed by atoms with Crippen LogP contribution in [0.3, 0.4) is 0 Å². The summed E-state index contributed by atoms with van der Waals surface area (Å²) in [7, 11) is 2.11. The van der Waals surface area contributed by atoms with E-state index in [-0.39, 0.29) is 5.41 Å². The van der Waals surface area contributed by atoms with E-state index in [4.69, 9.17) is 1.37 Å². The van der Waals surface area contributed by atoms with E-state index < -0.39 is 0 Å². The van der Waals surface area contributed by atoms with E-state index in [2.05, 4.69) is 90.4 Å². The van der Waals surface area contributed by atoms with Gasteiger partial charge in [0.1, 0.15) is 7.05 Å². The predicted molar refractivity (Wildman–Crippen MR) is 122 cm³/mol. The van der Waals surface area contributed by atoms with Gasteiger partial charge in [-0.3, -0.25) is 0 Å². The van der Waals surface area contributed by atoms with Crippen molar-refractivity contribution in [1.29, 1.82) is 0 Å². The average Bonchev–Trinajstić information content (AvgIpc) is 2.66. The summed E-state index contributed by atoms with van der Waals surface area (Å²) in [6.45, 7) is 15.6. The molecule has 0 amide bonds. The van der Waals surface area contributed by atoms with Crippen molar-refractivity contribution in [2.45, 2.75) is 67.7 Å². The predicted octanol–water partition coefficient (Wildman–Crippen LogP) is 6.66. The highest BCUT2D eigenvalue weighted by Crippen LogP contribution is 2.33. The molecule has 0 aliphatic heterocycles. The first-order valence-electron chi connectivity index (χ1n) is 11.1. The normalized spacial score (nSPS) is 12.5. The molecule has 2 aromatic carbocycles. The van der Waals surface area contributed by atoms with E-state index in [0.717, 1.165) is 30.3 Å². The summed E-state index contributed by atoms with van der Waals surface area (Å²) in [4.78, 5) is 0. The zero-order chi connectivity index (χ0) is 21.5. The fourth-order valence-corrected chi connectivity index (χ4v) is 4.23. The molecule has 0 bridgehead atoms. The van der Waals surface area contributed by atoms with Crippen molar-refractivity contribution in [3.8, 4) is 11.3 Å². The molecule has 1 nitrogen and oxygen atoms in total. The van der Waals surface area contributed by atoms with Gasteiger partial charge in [0.25, 0.3) is 0 Å². The number of nitrogens with zero attached hydrogens (tertiary/aromatic N) is 1. The molecule has 0 atom stereocenters. The quantitative estimate of drug-likeness (QED) is 0.449. The van der Waals surface area contributed by atoms with Gasteiger partial charge < -0.3 is 0 Å². The van der Waals surface area contributed by atoms with Gasteiger partial charge in [0, 0.05) is 13.0 Å². The maximum absolute atomic E-state index is 8.81. The van der Waals surface area contributed by atoms with Crippen LogP contribution in [0.5, 0.6) is 0 Å². The number of benzene rings is 2. The summed E-state index contributed by atoms with van der Waals surface area (Å²) in [6, 6.07) is 12.1.